The summed E-state index contributed by atoms with van der Waals surface area (Å²) in [6.45, 7) is 1.68. The molecule has 1 atom stereocenters. The van der Waals surface area contributed by atoms with Crippen LogP contribution in [-0.4, -0.2) is 16.2 Å². The predicted octanol–water partition coefficient (Wildman–Crippen LogP) is 2.64. The second-order valence-electron chi connectivity index (χ2n) is 4.86. The molecule has 17 heavy (non-hydrogen) atoms. The molecule has 1 aromatic carbocycles. The van der Waals surface area contributed by atoms with E-state index in [1.165, 1.54) is 0 Å². The number of aliphatic carboxylic acids is 1. The molecule has 0 heterocycles. The lowest BCUT2D eigenvalue weighted by molar-refractivity contribution is -0.143. The third-order valence-electron chi connectivity index (χ3n) is 3.79. The number of carboxylic acids is 1. The Hall–Kier alpha value is -1.35. The van der Waals surface area contributed by atoms with Crippen molar-refractivity contribution < 1.29 is 15.0 Å². The van der Waals surface area contributed by atoms with Gasteiger partial charge in [0.25, 0.3) is 0 Å². The summed E-state index contributed by atoms with van der Waals surface area (Å²) in [5.41, 5.74) is 0.755. The summed E-state index contributed by atoms with van der Waals surface area (Å²) in [5, 5.41) is 19.3. The molecule has 0 spiro atoms. The van der Waals surface area contributed by atoms with Gasteiger partial charge in [-0.3, -0.25) is 4.79 Å². The summed E-state index contributed by atoms with van der Waals surface area (Å²) >= 11 is 0. The summed E-state index contributed by atoms with van der Waals surface area (Å²) in [6.07, 6.45) is 2.61. The highest BCUT2D eigenvalue weighted by Gasteiger charge is 2.44. The van der Waals surface area contributed by atoms with Crippen molar-refractivity contribution >= 4 is 5.97 Å². The maximum atomic E-state index is 11.6. The van der Waals surface area contributed by atoms with Crippen molar-refractivity contribution in [1.82, 2.24) is 0 Å². The predicted molar refractivity (Wildman–Crippen MR) is 64.9 cm³/mol. The minimum Gasteiger partial charge on any atom is -0.481 e. The average molecular weight is 234 g/mol. The molecule has 92 valence electrons. The topological polar surface area (TPSA) is 57.5 Å². The third-order valence-corrected chi connectivity index (χ3v) is 3.79. The molecule has 1 aromatic rings. The van der Waals surface area contributed by atoms with Crippen molar-refractivity contribution in [3.8, 4) is 0 Å². The van der Waals surface area contributed by atoms with E-state index in [-0.39, 0.29) is 0 Å². The Labute approximate surface area is 101 Å². The zero-order chi connectivity index (χ0) is 12.5. The van der Waals surface area contributed by atoms with Crippen molar-refractivity contribution in [3.63, 3.8) is 0 Å². The van der Waals surface area contributed by atoms with Gasteiger partial charge in [0, 0.05) is 0 Å². The molecule has 1 unspecified atom stereocenters. The van der Waals surface area contributed by atoms with Gasteiger partial charge in [-0.25, -0.2) is 0 Å². The first-order chi connectivity index (χ1) is 8.08. The summed E-state index contributed by atoms with van der Waals surface area (Å²) in [7, 11) is 0. The molecule has 1 saturated carbocycles. The number of hydrogen-bond acceptors (Lipinski definition) is 2. The van der Waals surface area contributed by atoms with E-state index in [2.05, 4.69) is 0 Å². The molecule has 1 fully saturated rings. The smallest absolute Gasteiger partial charge is 0.314 e. The van der Waals surface area contributed by atoms with Gasteiger partial charge in [-0.1, -0.05) is 37.1 Å². The van der Waals surface area contributed by atoms with E-state index in [4.69, 9.17) is 0 Å². The largest absolute Gasteiger partial charge is 0.481 e. The second-order valence-corrected chi connectivity index (χ2v) is 4.86. The molecule has 1 aliphatic carbocycles. The van der Waals surface area contributed by atoms with Gasteiger partial charge in [-0.05, 0) is 30.9 Å². The SMILES string of the molecule is CC(O)c1ccccc1C1(C(=O)O)CCCC1. The fraction of sp³-hybridized carbons (Fsp3) is 0.500. The molecular formula is C14H18O3. The number of carbonyl (C=O) groups is 1. The van der Waals surface area contributed by atoms with Crippen molar-refractivity contribution in [2.45, 2.75) is 44.1 Å². The lowest BCUT2D eigenvalue weighted by Crippen LogP contribution is -2.34. The lowest BCUT2D eigenvalue weighted by Gasteiger charge is -2.27. The molecule has 0 radical (unpaired) electrons. The van der Waals surface area contributed by atoms with Crippen LogP contribution < -0.4 is 0 Å². The van der Waals surface area contributed by atoms with Gasteiger partial charge in [-0.15, -0.1) is 0 Å². The van der Waals surface area contributed by atoms with Gasteiger partial charge in [0.15, 0.2) is 0 Å². The fourth-order valence-electron chi connectivity index (χ4n) is 2.87. The molecule has 0 aromatic heterocycles. The van der Waals surface area contributed by atoms with Crippen molar-refractivity contribution in [3.05, 3.63) is 35.4 Å². The molecular weight excluding hydrogens is 216 g/mol. The molecule has 3 heteroatoms. The average Bonchev–Trinajstić information content (AvgIpc) is 2.79. The van der Waals surface area contributed by atoms with Crippen LogP contribution in [0.1, 0.15) is 49.8 Å². The number of aliphatic hydroxyl groups is 1. The van der Waals surface area contributed by atoms with Crippen LogP contribution in [0, 0.1) is 0 Å². The fourth-order valence-corrected chi connectivity index (χ4v) is 2.87. The number of rotatable bonds is 3. The van der Waals surface area contributed by atoms with E-state index < -0.39 is 17.5 Å². The van der Waals surface area contributed by atoms with Crippen LogP contribution in [0.2, 0.25) is 0 Å². The van der Waals surface area contributed by atoms with Gasteiger partial charge < -0.3 is 10.2 Å². The molecule has 0 bridgehead atoms. The first-order valence-electron chi connectivity index (χ1n) is 6.09. The summed E-state index contributed by atoms with van der Waals surface area (Å²) in [5.74, 6) is -0.761. The molecule has 0 amide bonds. The first kappa shape index (κ1) is 12.1. The maximum absolute atomic E-state index is 11.6. The Morgan fingerprint density at radius 3 is 2.41 bits per heavy atom. The van der Waals surface area contributed by atoms with Crippen LogP contribution in [0.4, 0.5) is 0 Å². The quantitative estimate of drug-likeness (QED) is 0.845. The molecule has 0 saturated heterocycles. The number of carboxylic acid groups (broad SMARTS) is 1. The van der Waals surface area contributed by atoms with E-state index >= 15 is 0 Å². The highest BCUT2D eigenvalue weighted by atomic mass is 16.4. The van der Waals surface area contributed by atoms with Crippen LogP contribution in [0.5, 0.6) is 0 Å². The highest BCUT2D eigenvalue weighted by molar-refractivity contribution is 5.82. The van der Waals surface area contributed by atoms with Crippen LogP contribution in [0.3, 0.4) is 0 Å². The molecule has 3 nitrogen and oxygen atoms in total. The van der Waals surface area contributed by atoms with Crippen LogP contribution in [0.25, 0.3) is 0 Å². The van der Waals surface area contributed by atoms with Crippen molar-refractivity contribution in [2.75, 3.05) is 0 Å². The summed E-state index contributed by atoms with van der Waals surface area (Å²) < 4.78 is 0. The Morgan fingerprint density at radius 2 is 1.88 bits per heavy atom. The standard InChI is InChI=1S/C14H18O3/c1-10(15)11-6-2-3-7-12(11)14(13(16)17)8-4-5-9-14/h2-3,6-7,10,15H,4-5,8-9H2,1H3,(H,16,17). The second kappa shape index (κ2) is 4.49. The third kappa shape index (κ3) is 1.95. The molecule has 0 aliphatic heterocycles. The molecule has 1 aliphatic rings. The summed E-state index contributed by atoms with van der Waals surface area (Å²) in [6, 6.07) is 7.37. The zero-order valence-corrected chi connectivity index (χ0v) is 10.0. The van der Waals surface area contributed by atoms with Gasteiger partial charge in [0.1, 0.15) is 0 Å². The van der Waals surface area contributed by atoms with E-state index in [1.807, 2.05) is 24.3 Å². The summed E-state index contributed by atoms with van der Waals surface area (Å²) in [4.78, 5) is 11.6. The van der Waals surface area contributed by atoms with E-state index in [1.54, 1.807) is 6.92 Å². The maximum Gasteiger partial charge on any atom is 0.314 e. The monoisotopic (exact) mass is 234 g/mol. The van der Waals surface area contributed by atoms with E-state index in [0.717, 1.165) is 24.0 Å². The minimum absolute atomic E-state index is 0.622. The first-order valence-corrected chi connectivity index (χ1v) is 6.09. The number of aliphatic hydroxyl groups excluding tert-OH is 1. The normalized spacial score (nSPS) is 20.1. The number of benzene rings is 1. The lowest BCUT2D eigenvalue weighted by atomic mass is 9.76. The Balaban J connectivity index is 2.54. The Morgan fingerprint density at radius 1 is 1.29 bits per heavy atom. The van der Waals surface area contributed by atoms with E-state index in [0.29, 0.717) is 12.8 Å². The van der Waals surface area contributed by atoms with Gasteiger partial charge in [-0.2, -0.15) is 0 Å². The zero-order valence-electron chi connectivity index (χ0n) is 10.0. The van der Waals surface area contributed by atoms with Crippen LogP contribution in [-0.2, 0) is 10.2 Å². The van der Waals surface area contributed by atoms with Crippen molar-refractivity contribution in [1.29, 1.82) is 0 Å². The number of hydrogen-bond donors (Lipinski definition) is 2. The molecule has 2 rings (SSSR count). The van der Waals surface area contributed by atoms with Gasteiger partial charge in [0.05, 0.1) is 11.5 Å². The molecule has 2 N–H and O–H groups in total. The highest BCUT2D eigenvalue weighted by Crippen LogP contribution is 2.43. The van der Waals surface area contributed by atoms with Gasteiger partial charge in [0.2, 0.25) is 0 Å². The van der Waals surface area contributed by atoms with E-state index in [9.17, 15) is 15.0 Å². The van der Waals surface area contributed by atoms with Crippen LogP contribution >= 0.6 is 0 Å². The van der Waals surface area contributed by atoms with Crippen molar-refractivity contribution in [2.24, 2.45) is 0 Å². The Bertz CT molecular complexity index is 417. The Kier molecular flexibility index (Phi) is 3.20. The van der Waals surface area contributed by atoms with Gasteiger partial charge >= 0.3 is 5.97 Å². The minimum atomic E-state index is -0.784. The van der Waals surface area contributed by atoms with Crippen LogP contribution in [0.15, 0.2) is 24.3 Å².